The minimum atomic E-state index is -0.948. The summed E-state index contributed by atoms with van der Waals surface area (Å²) in [4.78, 5) is 33.9. The van der Waals surface area contributed by atoms with E-state index in [1.165, 1.54) is 10.9 Å². The van der Waals surface area contributed by atoms with Crippen LogP contribution in [0.25, 0.3) is 10.2 Å². The highest BCUT2D eigenvalue weighted by molar-refractivity contribution is 7.18. The highest BCUT2D eigenvalue weighted by Gasteiger charge is 2.21. The molecule has 4 rings (SSSR count). The van der Waals surface area contributed by atoms with E-state index in [2.05, 4.69) is 15.3 Å². The lowest BCUT2D eigenvalue weighted by Gasteiger charge is -2.14. The summed E-state index contributed by atoms with van der Waals surface area (Å²) in [6, 6.07) is 3.09. The summed E-state index contributed by atoms with van der Waals surface area (Å²) in [7, 11) is 0. The summed E-state index contributed by atoms with van der Waals surface area (Å²) in [6.07, 6.45) is 3.42. The van der Waals surface area contributed by atoms with Crippen molar-refractivity contribution in [3.05, 3.63) is 62.0 Å². The van der Waals surface area contributed by atoms with Crippen LogP contribution in [0.3, 0.4) is 0 Å². The van der Waals surface area contributed by atoms with E-state index in [-0.39, 0.29) is 17.9 Å². The smallest absolute Gasteiger partial charge is 0.259 e. The molecule has 1 atom stereocenters. The van der Waals surface area contributed by atoms with Gasteiger partial charge in [0.25, 0.3) is 5.56 Å². The third kappa shape index (κ3) is 3.56. The monoisotopic (exact) mass is 403 g/mol. The van der Waals surface area contributed by atoms with E-state index in [0.717, 1.165) is 41.8 Å². The number of aromatic amines is 1. The number of rotatable bonds is 5. The summed E-state index contributed by atoms with van der Waals surface area (Å²) in [5.74, 6) is -1.65. The molecule has 146 valence electrons. The standard InChI is InChI=1S/C20H19F2N3O2S/c1-10(11-5-6-13(21)14(22)9-11)23-17(26)8-7-16-24-19(27)18-12-3-2-4-15(12)28-20(18)25-16/h5-6,9-10H,2-4,7-8H2,1H3,(H,23,26)(H,24,25,27). The molecule has 1 unspecified atom stereocenters. The number of aromatic nitrogens is 2. The number of nitrogens with one attached hydrogen (secondary N) is 2. The molecule has 0 bridgehead atoms. The zero-order valence-electron chi connectivity index (χ0n) is 15.3. The summed E-state index contributed by atoms with van der Waals surface area (Å²) in [5, 5.41) is 3.44. The lowest BCUT2D eigenvalue weighted by Crippen LogP contribution is -2.27. The van der Waals surface area contributed by atoms with Gasteiger partial charge in [-0.2, -0.15) is 0 Å². The zero-order valence-corrected chi connectivity index (χ0v) is 16.1. The van der Waals surface area contributed by atoms with Crippen molar-refractivity contribution in [1.29, 1.82) is 0 Å². The Bertz CT molecular complexity index is 1120. The molecule has 0 fully saturated rings. The van der Waals surface area contributed by atoms with Crippen molar-refractivity contribution in [2.75, 3.05) is 0 Å². The third-order valence-corrected chi connectivity index (χ3v) is 6.22. The second-order valence-corrected chi connectivity index (χ2v) is 8.10. The highest BCUT2D eigenvalue weighted by Crippen LogP contribution is 2.34. The number of aryl methyl sites for hydroxylation is 3. The summed E-state index contributed by atoms with van der Waals surface area (Å²) in [5.41, 5.74) is 1.46. The van der Waals surface area contributed by atoms with E-state index < -0.39 is 17.7 Å². The Morgan fingerprint density at radius 3 is 2.93 bits per heavy atom. The van der Waals surface area contributed by atoms with Crippen molar-refractivity contribution in [2.45, 2.75) is 45.1 Å². The maximum atomic E-state index is 13.3. The molecule has 5 nitrogen and oxygen atoms in total. The molecule has 2 aromatic heterocycles. The molecule has 0 saturated carbocycles. The molecular formula is C20H19F2N3O2S. The normalized spacial score (nSPS) is 14.2. The number of benzene rings is 1. The van der Waals surface area contributed by atoms with Gasteiger partial charge < -0.3 is 10.3 Å². The molecule has 2 N–H and O–H groups in total. The molecule has 0 radical (unpaired) electrons. The average Bonchev–Trinajstić information content (AvgIpc) is 3.22. The van der Waals surface area contributed by atoms with Crippen LogP contribution in [0, 0.1) is 11.6 Å². The van der Waals surface area contributed by atoms with Crippen LogP contribution < -0.4 is 10.9 Å². The molecule has 0 spiro atoms. The Morgan fingerprint density at radius 2 is 2.14 bits per heavy atom. The average molecular weight is 403 g/mol. The second-order valence-electron chi connectivity index (χ2n) is 7.01. The number of amides is 1. The fourth-order valence-electron chi connectivity index (χ4n) is 3.58. The van der Waals surface area contributed by atoms with Crippen molar-refractivity contribution < 1.29 is 13.6 Å². The van der Waals surface area contributed by atoms with Gasteiger partial charge >= 0.3 is 0 Å². The lowest BCUT2D eigenvalue weighted by atomic mass is 10.1. The van der Waals surface area contributed by atoms with E-state index in [0.29, 0.717) is 23.2 Å². The topological polar surface area (TPSA) is 74.8 Å². The molecule has 3 aromatic rings. The molecule has 8 heteroatoms. The van der Waals surface area contributed by atoms with Crippen LogP contribution >= 0.6 is 11.3 Å². The maximum absolute atomic E-state index is 13.3. The maximum Gasteiger partial charge on any atom is 0.259 e. The van der Waals surface area contributed by atoms with Crippen LogP contribution in [0.15, 0.2) is 23.0 Å². The van der Waals surface area contributed by atoms with Crippen molar-refractivity contribution in [3.8, 4) is 0 Å². The van der Waals surface area contributed by atoms with Gasteiger partial charge in [-0.15, -0.1) is 11.3 Å². The number of thiophene rings is 1. The number of hydrogen-bond donors (Lipinski definition) is 2. The van der Waals surface area contributed by atoms with Crippen LogP contribution in [-0.4, -0.2) is 15.9 Å². The van der Waals surface area contributed by atoms with E-state index in [9.17, 15) is 18.4 Å². The fraction of sp³-hybridized carbons (Fsp3) is 0.350. The molecule has 2 heterocycles. The van der Waals surface area contributed by atoms with Crippen LogP contribution in [-0.2, 0) is 24.1 Å². The van der Waals surface area contributed by atoms with E-state index in [4.69, 9.17) is 0 Å². The van der Waals surface area contributed by atoms with Gasteiger partial charge in [0.15, 0.2) is 11.6 Å². The molecular weight excluding hydrogens is 384 g/mol. The summed E-state index contributed by atoms with van der Waals surface area (Å²) < 4.78 is 26.4. The van der Waals surface area contributed by atoms with Crippen molar-refractivity contribution in [2.24, 2.45) is 0 Å². The van der Waals surface area contributed by atoms with E-state index in [1.807, 2.05) is 0 Å². The first-order chi connectivity index (χ1) is 13.4. The fourth-order valence-corrected chi connectivity index (χ4v) is 4.86. The number of halogens is 2. The largest absolute Gasteiger partial charge is 0.350 e. The summed E-state index contributed by atoms with van der Waals surface area (Å²) >= 11 is 1.56. The van der Waals surface area contributed by atoms with E-state index in [1.54, 1.807) is 18.3 Å². The number of fused-ring (bicyclic) bond motifs is 3. The zero-order chi connectivity index (χ0) is 19.8. The molecule has 1 aliphatic rings. The predicted molar refractivity (Wildman–Crippen MR) is 104 cm³/mol. The Morgan fingerprint density at radius 1 is 1.32 bits per heavy atom. The first-order valence-electron chi connectivity index (χ1n) is 9.20. The number of hydrogen-bond acceptors (Lipinski definition) is 4. The van der Waals surface area contributed by atoms with Crippen molar-refractivity contribution >= 4 is 27.5 Å². The number of H-pyrrole nitrogens is 1. The Hall–Kier alpha value is -2.61. The molecule has 28 heavy (non-hydrogen) atoms. The SMILES string of the molecule is CC(NC(=O)CCc1nc2sc3c(c2c(=O)[nH]1)CCC3)c1ccc(F)c(F)c1. The van der Waals surface area contributed by atoms with Crippen molar-refractivity contribution in [3.63, 3.8) is 0 Å². The number of nitrogens with zero attached hydrogens (tertiary/aromatic N) is 1. The molecule has 1 aromatic carbocycles. The van der Waals surface area contributed by atoms with Crippen LogP contribution in [0.4, 0.5) is 8.78 Å². The van der Waals surface area contributed by atoms with Gasteiger partial charge in [-0.05, 0) is 49.4 Å². The van der Waals surface area contributed by atoms with Crippen molar-refractivity contribution in [1.82, 2.24) is 15.3 Å². The minimum absolute atomic E-state index is 0.132. The van der Waals surface area contributed by atoms with Gasteiger partial charge in [0.2, 0.25) is 5.91 Å². The van der Waals surface area contributed by atoms with Gasteiger partial charge in [-0.3, -0.25) is 9.59 Å². The predicted octanol–water partition coefficient (Wildman–Crippen LogP) is 3.56. The van der Waals surface area contributed by atoms with Gasteiger partial charge in [0.1, 0.15) is 10.7 Å². The third-order valence-electron chi connectivity index (χ3n) is 5.03. The molecule has 0 saturated heterocycles. The Kier molecular flexibility index (Phi) is 4.97. The minimum Gasteiger partial charge on any atom is -0.350 e. The lowest BCUT2D eigenvalue weighted by molar-refractivity contribution is -0.121. The van der Waals surface area contributed by atoms with Gasteiger partial charge in [0, 0.05) is 17.7 Å². The van der Waals surface area contributed by atoms with Crippen LogP contribution in [0.2, 0.25) is 0 Å². The van der Waals surface area contributed by atoms with Gasteiger partial charge in [-0.1, -0.05) is 6.07 Å². The van der Waals surface area contributed by atoms with Crippen LogP contribution in [0.5, 0.6) is 0 Å². The quantitative estimate of drug-likeness (QED) is 0.684. The van der Waals surface area contributed by atoms with Gasteiger partial charge in [-0.25, -0.2) is 13.8 Å². The highest BCUT2D eigenvalue weighted by atomic mass is 32.1. The van der Waals surface area contributed by atoms with E-state index >= 15 is 0 Å². The summed E-state index contributed by atoms with van der Waals surface area (Å²) in [6.45, 7) is 1.70. The number of carbonyl (C=O) groups excluding carboxylic acids is 1. The Labute approximate surface area is 163 Å². The molecule has 1 aliphatic carbocycles. The van der Waals surface area contributed by atoms with Gasteiger partial charge in [0.05, 0.1) is 11.4 Å². The first kappa shape index (κ1) is 18.7. The Balaban J connectivity index is 1.42. The second kappa shape index (κ2) is 7.43. The molecule has 0 aliphatic heterocycles. The number of carbonyl (C=O) groups is 1. The first-order valence-corrected chi connectivity index (χ1v) is 10.0. The molecule has 1 amide bonds. The van der Waals surface area contributed by atoms with Crippen LogP contribution in [0.1, 0.15) is 47.6 Å².